The minimum Gasteiger partial charge on any atom is -0.370 e. The minimum absolute atomic E-state index is 0.0355. The summed E-state index contributed by atoms with van der Waals surface area (Å²) in [5.41, 5.74) is 8.63. The lowest BCUT2D eigenvalue weighted by Gasteiger charge is -2.20. The molecule has 2 atom stereocenters. The van der Waals surface area contributed by atoms with Crippen molar-refractivity contribution in [3.63, 3.8) is 0 Å². The first-order valence-electron chi connectivity index (χ1n) is 7.95. The van der Waals surface area contributed by atoms with Crippen LogP contribution in [-0.2, 0) is 17.7 Å². The molecule has 0 radical (unpaired) electrons. The highest BCUT2D eigenvalue weighted by atomic mass is 16.5. The van der Waals surface area contributed by atoms with E-state index in [2.05, 4.69) is 55.8 Å². The maximum absolute atomic E-state index is 6.12. The highest BCUT2D eigenvalue weighted by Crippen LogP contribution is 2.31. The smallest absolute Gasteiger partial charge is 0.0762 e. The van der Waals surface area contributed by atoms with Crippen LogP contribution in [0, 0.1) is 0 Å². The molecule has 2 N–H and O–H groups in total. The van der Waals surface area contributed by atoms with Crippen LogP contribution < -0.4 is 5.73 Å². The quantitative estimate of drug-likeness (QED) is 0.934. The Morgan fingerprint density at radius 3 is 2.86 bits per heavy atom. The van der Waals surface area contributed by atoms with Crippen molar-refractivity contribution in [2.75, 3.05) is 0 Å². The van der Waals surface area contributed by atoms with E-state index in [1.54, 1.807) is 0 Å². The molecule has 1 aliphatic rings. The van der Waals surface area contributed by atoms with Crippen molar-refractivity contribution in [1.29, 1.82) is 0 Å². The van der Waals surface area contributed by atoms with Crippen LogP contribution in [0.4, 0.5) is 0 Å². The van der Waals surface area contributed by atoms with E-state index in [9.17, 15) is 0 Å². The van der Waals surface area contributed by atoms with Crippen LogP contribution in [0.1, 0.15) is 39.2 Å². The summed E-state index contributed by atoms with van der Waals surface area (Å²) in [5.74, 6) is 0. The summed E-state index contributed by atoms with van der Waals surface area (Å²) in [6.45, 7) is 7.36. The summed E-state index contributed by atoms with van der Waals surface area (Å²) in [7, 11) is 0. The first kappa shape index (κ1) is 14.6. The van der Waals surface area contributed by atoms with Gasteiger partial charge in [-0.1, -0.05) is 12.1 Å². The van der Waals surface area contributed by atoms with Gasteiger partial charge in [0.1, 0.15) is 0 Å². The highest BCUT2D eigenvalue weighted by Gasteiger charge is 2.31. The van der Waals surface area contributed by atoms with Crippen molar-refractivity contribution in [2.24, 2.45) is 5.73 Å². The normalized spacial score (nSPS) is 22.8. The molecule has 1 saturated heterocycles. The number of fused-ring (bicyclic) bond motifs is 1. The summed E-state index contributed by atoms with van der Waals surface area (Å²) in [5, 5.41) is 1.33. The van der Waals surface area contributed by atoms with E-state index in [1.165, 1.54) is 16.5 Å². The van der Waals surface area contributed by atoms with Crippen LogP contribution in [0.3, 0.4) is 0 Å². The summed E-state index contributed by atoms with van der Waals surface area (Å²) in [4.78, 5) is 0. The zero-order chi connectivity index (χ0) is 15.0. The Morgan fingerprint density at radius 2 is 2.19 bits per heavy atom. The van der Waals surface area contributed by atoms with Gasteiger partial charge < -0.3 is 15.0 Å². The van der Waals surface area contributed by atoms with Gasteiger partial charge in [-0.3, -0.25) is 0 Å². The number of benzene rings is 1. The SMILES string of the molecule is CC(N)Cc1cccc2c1ccn2CC1CCC(C)(C)O1. The molecule has 0 aliphatic carbocycles. The number of rotatable bonds is 4. The molecule has 3 heteroatoms. The molecule has 3 nitrogen and oxygen atoms in total. The summed E-state index contributed by atoms with van der Waals surface area (Å²) in [6.07, 6.45) is 5.73. The predicted molar refractivity (Wildman–Crippen MR) is 87.5 cm³/mol. The molecule has 2 aromatic rings. The van der Waals surface area contributed by atoms with Gasteiger partial charge in [-0.15, -0.1) is 0 Å². The zero-order valence-corrected chi connectivity index (χ0v) is 13.3. The number of hydrogen-bond acceptors (Lipinski definition) is 2. The molecule has 0 amide bonds. The second-order valence-corrected chi connectivity index (χ2v) is 7.04. The number of ether oxygens (including phenoxy) is 1. The second-order valence-electron chi connectivity index (χ2n) is 7.04. The van der Waals surface area contributed by atoms with E-state index >= 15 is 0 Å². The molecule has 1 aromatic carbocycles. The largest absolute Gasteiger partial charge is 0.370 e. The van der Waals surface area contributed by atoms with Gasteiger partial charge in [0.25, 0.3) is 0 Å². The van der Waals surface area contributed by atoms with Gasteiger partial charge in [0.2, 0.25) is 0 Å². The maximum atomic E-state index is 6.12. The van der Waals surface area contributed by atoms with Gasteiger partial charge in [-0.25, -0.2) is 0 Å². The van der Waals surface area contributed by atoms with Crippen LogP contribution in [-0.4, -0.2) is 22.3 Å². The summed E-state index contributed by atoms with van der Waals surface area (Å²) < 4.78 is 8.45. The van der Waals surface area contributed by atoms with Gasteiger partial charge in [0.05, 0.1) is 11.7 Å². The van der Waals surface area contributed by atoms with Gasteiger partial charge in [0, 0.05) is 29.7 Å². The van der Waals surface area contributed by atoms with Crippen molar-refractivity contribution < 1.29 is 4.74 Å². The Bertz CT molecular complexity index is 627. The Hall–Kier alpha value is -1.32. The molecule has 2 unspecified atom stereocenters. The maximum Gasteiger partial charge on any atom is 0.0762 e. The molecule has 114 valence electrons. The first-order valence-corrected chi connectivity index (χ1v) is 7.95. The van der Waals surface area contributed by atoms with E-state index in [4.69, 9.17) is 10.5 Å². The van der Waals surface area contributed by atoms with Crippen molar-refractivity contribution in [1.82, 2.24) is 4.57 Å². The van der Waals surface area contributed by atoms with E-state index in [1.807, 2.05) is 0 Å². The van der Waals surface area contributed by atoms with Crippen molar-refractivity contribution in [2.45, 2.75) is 64.3 Å². The number of nitrogens with two attached hydrogens (primary N) is 1. The van der Waals surface area contributed by atoms with E-state index < -0.39 is 0 Å². The fourth-order valence-corrected chi connectivity index (χ4v) is 3.40. The molecule has 21 heavy (non-hydrogen) atoms. The fourth-order valence-electron chi connectivity index (χ4n) is 3.40. The molecule has 1 aliphatic heterocycles. The van der Waals surface area contributed by atoms with E-state index in [-0.39, 0.29) is 11.6 Å². The van der Waals surface area contributed by atoms with Gasteiger partial charge in [0.15, 0.2) is 0 Å². The molecular weight excluding hydrogens is 260 g/mol. The minimum atomic E-state index is 0.0355. The Kier molecular flexibility index (Phi) is 3.80. The predicted octanol–water partition coefficient (Wildman–Crippen LogP) is 3.49. The molecule has 0 spiro atoms. The fraction of sp³-hybridized carbons (Fsp3) is 0.556. The Labute approximate surface area is 127 Å². The van der Waals surface area contributed by atoms with E-state index in [0.717, 1.165) is 25.8 Å². The summed E-state index contributed by atoms with van der Waals surface area (Å²) >= 11 is 0. The number of aromatic nitrogens is 1. The molecule has 0 saturated carbocycles. The summed E-state index contributed by atoms with van der Waals surface area (Å²) in [6, 6.07) is 8.92. The standard InChI is InChI=1S/C18H26N2O/c1-13(19)11-14-5-4-6-17-16(14)8-10-20(17)12-15-7-9-18(2,3)21-15/h4-6,8,10,13,15H,7,9,11-12,19H2,1-3H3. The van der Waals surface area contributed by atoms with Crippen LogP contribution in [0.5, 0.6) is 0 Å². The lowest BCUT2D eigenvalue weighted by atomic mass is 10.0. The van der Waals surface area contributed by atoms with Gasteiger partial charge >= 0.3 is 0 Å². The molecule has 3 rings (SSSR count). The van der Waals surface area contributed by atoms with Crippen molar-refractivity contribution >= 4 is 10.9 Å². The third kappa shape index (κ3) is 3.14. The lowest BCUT2D eigenvalue weighted by Crippen LogP contribution is -2.22. The van der Waals surface area contributed by atoms with Crippen molar-refractivity contribution in [3.05, 3.63) is 36.0 Å². The van der Waals surface area contributed by atoms with E-state index in [0.29, 0.717) is 6.10 Å². The average Bonchev–Trinajstić information content (AvgIpc) is 2.94. The highest BCUT2D eigenvalue weighted by molar-refractivity contribution is 5.83. The average molecular weight is 286 g/mol. The van der Waals surface area contributed by atoms with Crippen molar-refractivity contribution in [3.8, 4) is 0 Å². The second kappa shape index (κ2) is 5.47. The van der Waals surface area contributed by atoms with Gasteiger partial charge in [-0.05, 0) is 57.7 Å². The topological polar surface area (TPSA) is 40.2 Å². The van der Waals surface area contributed by atoms with Crippen LogP contribution in [0.25, 0.3) is 10.9 Å². The van der Waals surface area contributed by atoms with Crippen LogP contribution >= 0.6 is 0 Å². The molecule has 1 aromatic heterocycles. The monoisotopic (exact) mass is 286 g/mol. The van der Waals surface area contributed by atoms with Crippen LogP contribution in [0.15, 0.2) is 30.5 Å². The van der Waals surface area contributed by atoms with Crippen LogP contribution in [0.2, 0.25) is 0 Å². The molecule has 1 fully saturated rings. The molecular formula is C18H26N2O. The number of nitrogens with zero attached hydrogens (tertiary/aromatic N) is 1. The third-order valence-corrected chi connectivity index (χ3v) is 4.40. The van der Waals surface area contributed by atoms with Gasteiger partial charge in [-0.2, -0.15) is 0 Å². The molecule has 2 heterocycles. The third-order valence-electron chi connectivity index (χ3n) is 4.40. The Balaban J connectivity index is 1.84. The number of hydrogen-bond donors (Lipinski definition) is 1. The zero-order valence-electron chi connectivity index (χ0n) is 13.3. The Morgan fingerprint density at radius 1 is 1.38 bits per heavy atom. The molecule has 0 bridgehead atoms. The first-order chi connectivity index (χ1) is 9.94. The lowest BCUT2D eigenvalue weighted by molar-refractivity contribution is -0.0212.